The van der Waals surface area contributed by atoms with Crippen LogP contribution >= 0.6 is 0 Å². The molecule has 0 aliphatic heterocycles. The average Bonchev–Trinajstić information content (AvgIpc) is 3.44. The molecule has 2 heteroatoms. The summed E-state index contributed by atoms with van der Waals surface area (Å²) in [6.45, 7) is 4.68. The number of hydrogen-bond donors (Lipinski definition) is 0. The monoisotopic (exact) mass is 501 g/mol. The van der Waals surface area contributed by atoms with Gasteiger partial charge in [0, 0.05) is 32.9 Å². The van der Waals surface area contributed by atoms with Crippen molar-refractivity contribution in [2.24, 2.45) is 0 Å². The number of para-hydroxylation sites is 2. The van der Waals surface area contributed by atoms with Gasteiger partial charge in [0.1, 0.15) is 11.2 Å². The minimum atomic E-state index is -0.0646. The molecule has 0 radical (unpaired) electrons. The first-order chi connectivity index (χ1) is 19.1. The smallest absolute Gasteiger partial charge is 0.136 e. The average molecular weight is 502 g/mol. The Bertz CT molecular complexity index is 2050. The minimum absolute atomic E-state index is 0.0646. The van der Waals surface area contributed by atoms with Crippen LogP contribution in [0.3, 0.4) is 0 Å². The largest absolute Gasteiger partial charge is 0.456 e. The van der Waals surface area contributed by atoms with Crippen molar-refractivity contribution in [3.05, 3.63) is 139 Å². The highest BCUT2D eigenvalue weighted by molar-refractivity contribution is 6.13. The van der Waals surface area contributed by atoms with E-state index in [0.717, 1.165) is 44.4 Å². The summed E-state index contributed by atoms with van der Waals surface area (Å²) in [4.78, 5) is 2.40. The Kier molecular flexibility index (Phi) is 4.60. The predicted molar refractivity (Wildman–Crippen MR) is 163 cm³/mol. The zero-order valence-corrected chi connectivity index (χ0v) is 22.0. The molecule has 0 bridgehead atoms. The number of fused-ring (bicyclic) bond motifs is 7. The van der Waals surface area contributed by atoms with Crippen molar-refractivity contribution in [2.75, 3.05) is 4.90 Å². The van der Waals surface area contributed by atoms with E-state index in [1.807, 2.05) is 12.1 Å². The van der Waals surface area contributed by atoms with Gasteiger partial charge in [0.15, 0.2) is 0 Å². The van der Waals surface area contributed by atoms with E-state index in [1.54, 1.807) is 0 Å². The van der Waals surface area contributed by atoms with Gasteiger partial charge < -0.3 is 9.32 Å². The van der Waals surface area contributed by atoms with E-state index in [-0.39, 0.29) is 5.41 Å². The van der Waals surface area contributed by atoms with Crippen LogP contribution in [0.15, 0.2) is 132 Å². The standard InChI is InChI=1S/C37H27NO/c1-37(2)32-16-8-6-14-27(32)28-20-19-26(22-33(28)37)38(25-12-4-3-5-13-25)34-17-10-11-24-21-36-31(23-30(24)34)29-15-7-9-18-35(29)39-36/h3-23H,1-2H3. The van der Waals surface area contributed by atoms with Gasteiger partial charge >= 0.3 is 0 Å². The van der Waals surface area contributed by atoms with Gasteiger partial charge in [-0.05, 0) is 76.2 Å². The Hall–Kier alpha value is -4.82. The first kappa shape index (κ1) is 22.2. The first-order valence-electron chi connectivity index (χ1n) is 13.5. The number of rotatable bonds is 3. The van der Waals surface area contributed by atoms with Gasteiger partial charge in [-0.25, -0.2) is 0 Å². The molecule has 0 unspecified atom stereocenters. The molecule has 0 fully saturated rings. The number of anilines is 3. The molecule has 1 aliphatic carbocycles. The van der Waals surface area contributed by atoms with Gasteiger partial charge in [-0.15, -0.1) is 0 Å². The molecule has 0 spiro atoms. The summed E-state index contributed by atoms with van der Waals surface area (Å²) in [6.07, 6.45) is 0. The molecule has 186 valence electrons. The van der Waals surface area contributed by atoms with Crippen LogP contribution in [-0.4, -0.2) is 0 Å². The summed E-state index contributed by atoms with van der Waals surface area (Å²) in [5, 5.41) is 4.65. The summed E-state index contributed by atoms with van der Waals surface area (Å²) in [7, 11) is 0. The molecule has 0 amide bonds. The molecule has 0 saturated carbocycles. The number of benzene rings is 6. The van der Waals surface area contributed by atoms with Crippen molar-refractivity contribution in [3.8, 4) is 11.1 Å². The molecule has 7 aromatic rings. The predicted octanol–water partition coefficient (Wildman–Crippen LogP) is 10.5. The lowest BCUT2D eigenvalue weighted by molar-refractivity contribution is 0.660. The van der Waals surface area contributed by atoms with E-state index in [4.69, 9.17) is 4.42 Å². The number of nitrogens with zero attached hydrogens (tertiary/aromatic N) is 1. The molecule has 1 aliphatic rings. The third-order valence-electron chi connectivity index (χ3n) is 8.44. The fourth-order valence-corrected chi connectivity index (χ4v) is 6.51. The van der Waals surface area contributed by atoms with Gasteiger partial charge in [-0.1, -0.05) is 92.7 Å². The molecule has 2 nitrogen and oxygen atoms in total. The van der Waals surface area contributed by atoms with Crippen LogP contribution in [0.5, 0.6) is 0 Å². The third kappa shape index (κ3) is 3.21. The highest BCUT2D eigenvalue weighted by Crippen LogP contribution is 2.51. The summed E-state index contributed by atoms with van der Waals surface area (Å²) in [6, 6.07) is 45.8. The summed E-state index contributed by atoms with van der Waals surface area (Å²) < 4.78 is 6.22. The topological polar surface area (TPSA) is 16.4 Å². The van der Waals surface area contributed by atoms with Gasteiger partial charge in [0.05, 0.1) is 5.69 Å². The summed E-state index contributed by atoms with van der Waals surface area (Å²) in [5.41, 5.74) is 10.7. The summed E-state index contributed by atoms with van der Waals surface area (Å²) in [5.74, 6) is 0. The molecular weight excluding hydrogens is 474 g/mol. The minimum Gasteiger partial charge on any atom is -0.456 e. The Balaban J connectivity index is 1.39. The maximum Gasteiger partial charge on any atom is 0.136 e. The zero-order chi connectivity index (χ0) is 26.1. The van der Waals surface area contributed by atoms with E-state index >= 15 is 0 Å². The van der Waals surface area contributed by atoms with Gasteiger partial charge in [0.2, 0.25) is 0 Å². The van der Waals surface area contributed by atoms with Gasteiger partial charge in [-0.3, -0.25) is 0 Å². The Morgan fingerprint density at radius 2 is 1.28 bits per heavy atom. The second-order valence-electron chi connectivity index (χ2n) is 11.0. The molecule has 8 rings (SSSR count). The molecule has 0 atom stereocenters. The maximum atomic E-state index is 6.22. The van der Waals surface area contributed by atoms with Gasteiger partial charge in [-0.2, -0.15) is 0 Å². The van der Waals surface area contributed by atoms with Crippen LogP contribution in [-0.2, 0) is 5.41 Å². The fraction of sp³-hybridized carbons (Fsp3) is 0.0811. The van der Waals surface area contributed by atoms with E-state index < -0.39 is 0 Å². The second-order valence-corrected chi connectivity index (χ2v) is 11.0. The zero-order valence-electron chi connectivity index (χ0n) is 22.0. The first-order valence-corrected chi connectivity index (χ1v) is 13.5. The fourth-order valence-electron chi connectivity index (χ4n) is 6.51. The van der Waals surface area contributed by atoms with Crippen molar-refractivity contribution in [2.45, 2.75) is 19.3 Å². The van der Waals surface area contributed by atoms with Crippen molar-refractivity contribution < 1.29 is 4.42 Å². The van der Waals surface area contributed by atoms with E-state index in [9.17, 15) is 0 Å². The third-order valence-corrected chi connectivity index (χ3v) is 8.44. The quantitative estimate of drug-likeness (QED) is 0.239. The van der Waals surface area contributed by atoms with Crippen LogP contribution < -0.4 is 4.90 Å². The molecule has 39 heavy (non-hydrogen) atoms. The van der Waals surface area contributed by atoms with Crippen LogP contribution in [0.25, 0.3) is 43.8 Å². The summed E-state index contributed by atoms with van der Waals surface area (Å²) >= 11 is 0. The lowest BCUT2D eigenvalue weighted by Gasteiger charge is -2.29. The maximum absolute atomic E-state index is 6.22. The number of furan rings is 1. The van der Waals surface area contributed by atoms with E-state index in [2.05, 4.69) is 134 Å². The highest BCUT2D eigenvalue weighted by atomic mass is 16.3. The molecule has 6 aromatic carbocycles. The van der Waals surface area contributed by atoms with Crippen LogP contribution in [0.4, 0.5) is 17.1 Å². The Morgan fingerprint density at radius 1 is 0.513 bits per heavy atom. The van der Waals surface area contributed by atoms with Crippen LogP contribution in [0, 0.1) is 0 Å². The van der Waals surface area contributed by atoms with E-state index in [0.29, 0.717) is 0 Å². The SMILES string of the molecule is CC1(C)c2ccccc2-c2ccc(N(c3ccccc3)c3cccc4cc5oc6ccccc6c5cc34)cc21. The van der Waals surface area contributed by atoms with Crippen molar-refractivity contribution >= 4 is 49.8 Å². The normalized spacial score (nSPS) is 13.6. The van der Waals surface area contributed by atoms with Crippen LogP contribution in [0.2, 0.25) is 0 Å². The molecular formula is C37H27NO. The Labute approximate surface area is 227 Å². The van der Waals surface area contributed by atoms with Crippen molar-refractivity contribution in [3.63, 3.8) is 0 Å². The molecule has 0 N–H and O–H groups in total. The van der Waals surface area contributed by atoms with Gasteiger partial charge in [0.25, 0.3) is 0 Å². The number of hydrogen-bond acceptors (Lipinski definition) is 2. The van der Waals surface area contributed by atoms with Crippen LogP contribution in [0.1, 0.15) is 25.0 Å². The molecule has 1 aromatic heterocycles. The van der Waals surface area contributed by atoms with E-state index in [1.165, 1.54) is 27.6 Å². The van der Waals surface area contributed by atoms with Crippen molar-refractivity contribution in [1.82, 2.24) is 0 Å². The lowest BCUT2D eigenvalue weighted by atomic mass is 9.82. The Morgan fingerprint density at radius 3 is 2.18 bits per heavy atom. The highest BCUT2D eigenvalue weighted by Gasteiger charge is 2.35. The second kappa shape index (κ2) is 8.09. The lowest BCUT2D eigenvalue weighted by Crippen LogP contribution is -2.16. The van der Waals surface area contributed by atoms with Crippen molar-refractivity contribution in [1.29, 1.82) is 0 Å². The molecule has 0 saturated heterocycles. The molecule has 1 heterocycles.